The number of carbonyl (C=O) groups is 2. The predicted octanol–water partition coefficient (Wildman–Crippen LogP) is 5.60. The van der Waals surface area contributed by atoms with Gasteiger partial charge < -0.3 is 0 Å². The first kappa shape index (κ1) is 19.8. The number of Topliss-reactive ketones (excluding diaryl/α,β-unsaturated/α-hetero) is 2. The number of hydrogen-bond donors (Lipinski definition) is 0. The highest BCUT2D eigenvalue weighted by molar-refractivity contribution is 6.27. The Morgan fingerprint density at radius 1 is 1.04 bits per heavy atom. The van der Waals surface area contributed by atoms with Crippen LogP contribution in [0.3, 0.4) is 0 Å². The zero-order chi connectivity index (χ0) is 18.3. The van der Waals surface area contributed by atoms with Crippen LogP contribution in [0.5, 0.6) is 0 Å². The van der Waals surface area contributed by atoms with Gasteiger partial charge in [-0.25, -0.2) is 0 Å². The molecule has 0 unspecified atom stereocenters. The van der Waals surface area contributed by atoms with E-state index >= 15 is 0 Å². The molecule has 0 N–H and O–H groups in total. The van der Waals surface area contributed by atoms with E-state index < -0.39 is 0 Å². The van der Waals surface area contributed by atoms with Crippen molar-refractivity contribution >= 4 is 11.6 Å². The number of allylic oxidation sites excluding steroid dienone is 11. The Morgan fingerprint density at radius 2 is 1.71 bits per heavy atom. The fourth-order valence-corrected chi connectivity index (χ4v) is 2.66. The molecule has 2 nitrogen and oxygen atoms in total. The molecule has 1 rings (SSSR count). The van der Waals surface area contributed by atoms with Crippen LogP contribution in [-0.4, -0.2) is 11.6 Å². The summed E-state index contributed by atoms with van der Waals surface area (Å²) in [5.41, 5.74) is 4.54. The van der Waals surface area contributed by atoms with Gasteiger partial charge in [0.1, 0.15) is 0 Å². The highest BCUT2D eigenvalue weighted by Crippen LogP contribution is 2.28. The van der Waals surface area contributed by atoms with Crippen molar-refractivity contribution in [1.82, 2.24) is 0 Å². The summed E-state index contributed by atoms with van der Waals surface area (Å²) in [6.45, 7) is 13.5. The van der Waals surface area contributed by atoms with E-state index in [0.29, 0.717) is 28.7 Å². The Kier molecular flexibility index (Phi) is 7.57. The largest absolute Gasteiger partial charge is 0.289 e. The SMILES string of the molecule is C=CC1=C(/C=C\C)C(=O)C(C/C=C(\C)CCC=C(C)C)=C(C)C1=O. The highest BCUT2D eigenvalue weighted by atomic mass is 16.1. The Labute approximate surface area is 146 Å². The lowest BCUT2D eigenvalue weighted by molar-refractivity contribution is -0.116. The van der Waals surface area contributed by atoms with Crippen molar-refractivity contribution in [3.05, 3.63) is 70.4 Å². The summed E-state index contributed by atoms with van der Waals surface area (Å²) >= 11 is 0. The number of rotatable bonds is 7. The summed E-state index contributed by atoms with van der Waals surface area (Å²) in [6, 6.07) is 0. The fraction of sp³-hybridized carbons (Fsp3) is 0.364. The first-order valence-corrected chi connectivity index (χ1v) is 8.41. The third-order valence-corrected chi connectivity index (χ3v) is 4.13. The van der Waals surface area contributed by atoms with Gasteiger partial charge >= 0.3 is 0 Å². The van der Waals surface area contributed by atoms with Crippen LogP contribution in [0.1, 0.15) is 53.9 Å². The molecule has 0 radical (unpaired) electrons. The molecule has 0 heterocycles. The second-order valence-electron chi connectivity index (χ2n) is 6.37. The van der Waals surface area contributed by atoms with Crippen molar-refractivity contribution in [2.45, 2.75) is 53.9 Å². The van der Waals surface area contributed by atoms with E-state index in [1.165, 1.54) is 17.2 Å². The third-order valence-electron chi connectivity index (χ3n) is 4.13. The maximum Gasteiger partial charge on any atom is 0.190 e. The lowest BCUT2D eigenvalue weighted by atomic mass is 9.82. The van der Waals surface area contributed by atoms with E-state index in [4.69, 9.17) is 0 Å². The van der Waals surface area contributed by atoms with Gasteiger partial charge in [0.25, 0.3) is 0 Å². The van der Waals surface area contributed by atoms with E-state index in [0.717, 1.165) is 12.8 Å². The summed E-state index contributed by atoms with van der Waals surface area (Å²) in [6.07, 6.45) is 11.7. The molecule has 0 aromatic carbocycles. The van der Waals surface area contributed by atoms with E-state index in [2.05, 4.69) is 39.5 Å². The molecule has 128 valence electrons. The second kappa shape index (κ2) is 9.17. The quantitative estimate of drug-likeness (QED) is 0.451. The minimum absolute atomic E-state index is 0.0616. The Morgan fingerprint density at radius 3 is 2.25 bits per heavy atom. The highest BCUT2D eigenvalue weighted by Gasteiger charge is 2.28. The summed E-state index contributed by atoms with van der Waals surface area (Å²) in [7, 11) is 0. The molecule has 0 amide bonds. The van der Waals surface area contributed by atoms with Crippen molar-refractivity contribution in [1.29, 1.82) is 0 Å². The normalized spacial score (nSPS) is 16.3. The summed E-state index contributed by atoms with van der Waals surface area (Å²) in [5, 5.41) is 0. The molecule has 24 heavy (non-hydrogen) atoms. The Hall–Kier alpha value is -2.22. The molecule has 2 heteroatoms. The minimum Gasteiger partial charge on any atom is -0.289 e. The van der Waals surface area contributed by atoms with Gasteiger partial charge in [0, 0.05) is 22.3 Å². The van der Waals surface area contributed by atoms with Gasteiger partial charge in [-0.15, -0.1) is 0 Å². The van der Waals surface area contributed by atoms with Crippen LogP contribution in [-0.2, 0) is 9.59 Å². The summed E-state index contributed by atoms with van der Waals surface area (Å²) in [4.78, 5) is 25.2. The topological polar surface area (TPSA) is 34.1 Å². The van der Waals surface area contributed by atoms with E-state index in [-0.39, 0.29) is 11.6 Å². The number of ketones is 2. The standard InChI is InChI=1S/C22H28O2/c1-7-10-20-18(8-2)21(23)17(6)19(22(20)24)14-13-16(5)12-9-11-15(3)4/h7-8,10-11,13H,2,9,12,14H2,1,3-6H3/b10-7-,16-13+. The van der Waals surface area contributed by atoms with Crippen molar-refractivity contribution in [2.75, 3.05) is 0 Å². The van der Waals surface area contributed by atoms with Crippen LogP contribution in [0.15, 0.2) is 70.4 Å². The molecule has 0 aromatic heterocycles. The average Bonchev–Trinajstić information content (AvgIpc) is 2.52. The summed E-state index contributed by atoms with van der Waals surface area (Å²) < 4.78 is 0. The van der Waals surface area contributed by atoms with Crippen LogP contribution < -0.4 is 0 Å². The fourth-order valence-electron chi connectivity index (χ4n) is 2.66. The predicted molar refractivity (Wildman–Crippen MR) is 102 cm³/mol. The Bertz CT molecular complexity index is 687. The van der Waals surface area contributed by atoms with Crippen LogP contribution in [0.2, 0.25) is 0 Å². The zero-order valence-electron chi connectivity index (χ0n) is 15.5. The minimum atomic E-state index is -0.0942. The van der Waals surface area contributed by atoms with Crippen molar-refractivity contribution in [2.24, 2.45) is 0 Å². The zero-order valence-corrected chi connectivity index (χ0v) is 15.5. The second-order valence-corrected chi connectivity index (χ2v) is 6.37. The number of hydrogen-bond acceptors (Lipinski definition) is 2. The van der Waals surface area contributed by atoms with Gasteiger partial charge in [-0.2, -0.15) is 0 Å². The maximum absolute atomic E-state index is 12.8. The smallest absolute Gasteiger partial charge is 0.190 e. The van der Waals surface area contributed by atoms with E-state index in [1.807, 2.05) is 6.92 Å². The Balaban J connectivity index is 3.01. The molecular formula is C22H28O2. The van der Waals surface area contributed by atoms with Gasteiger partial charge in [0.2, 0.25) is 0 Å². The molecule has 0 fully saturated rings. The molecule has 0 saturated carbocycles. The molecule has 0 bridgehead atoms. The monoisotopic (exact) mass is 324 g/mol. The van der Waals surface area contributed by atoms with Gasteiger partial charge in [-0.05, 0) is 53.9 Å². The van der Waals surface area contributed by atoms with Gasteiger partial charge in [0.05, 0.1) is 0 Å². The number of carbonyl (C=O) groups excluding carboxylic acids is 2. The molecular weight excluding hydrogens is 296 g/mol. The van der Waals surface area contributed by atoms with Crippen molar-refractivity contribution < 1.29 is 9.59 Å². The first-order chi connectivity index (χ1) is 11.3. The van der Waals surface area contributed by atoms with Crippen molar-refractivity contribution in [3.8, 4) is 0 Å². The van der Waals surface area contributed by atoms with E-state index in [9.17, 15) is 9.59 Å². The molecule has 0 aliphatic heterocycles. The average molecular weight is 324 g/mol. The lowest BCUT2D eigenvalue weighted by Gasteiger charge is -2.18. The van der Waals surface area contributed by atoms with Gasteiger partial charge in [-0.3, -0.25) is 9.59 Å². The van der Waals surface area contributed by atoms with Gasteiger partial charge in [0.15, 0.2) is 11.6 Å². The van der Waals surface area contributed by atoms with E-state index in [1.54, 1.807) is 19.1 Å². The van der Waals surface area contributed by atoms with Crippen LogP contribution in [0.25, 0.3) is 0 Å². The molecule has 1 aliphatic rings. The lowest BCUT2D eigenvalue weighted by Crippen LogP contribution is -2.21. The first-order valence-electron chi connectivity index (χ1n) is 8.41. The molecule has 0 aromatic rings. The molecule has 0 spiro atoms. The van der Waals surface area contributed by atoms with Crippen LogP contribution >= 0.6 is 0 Å². The molecule has 1 aliphatic carbocycles. The molecule has 0 saturated heterocycles. The van der Waals surface area contributed by atoms with Crippen molar-refractivity contribution in [3.63, 3.8) is 0 Å². The molecule has 0 atom stereocenters. The third kappa shape index (κ3) is 4.89. The maximum atomic E-state index is 12.8. The summed E-state index contributed by atoms with van der Waals surface area (Å²) in [5.74, 6) is -0.156. The van der Waals surface area contributed by atoms with Crippen LogP contribution in [0.4, 0.5) is 0 Å². The van der Waals surface area contributed by atoms with Crippen LogP contribution in [0, 0.1) is 0 Å². The van der Waals surface area contributed by atoms with Gasteiger partial charge in [-0.1, -0.05) is 48.1 Å².